The highest BCUT2D eigenvalue weighted by molar-refractivity contribution is 5.65. The molecule has 0 aromatic heterocycles. The van der Waals surface area contributed by atoms with E-state index in [0.29, 0.717) is 12.1 Å². The Labute approximate surface area is 109 Å². The van der Waals surface area contributed by atoms with E-state index in [0.717, 1.165) is 25.7 Å². The van der Waals surface area contributed by atoms with Gasteiger partial charge < -0.3 is 10.0 Å². The van der Waals surface area contributed by atoms with Crippen molar-refractivity contribution in [3.63, 3.8) is 0 Å². The molecule has 0 unspecified atom stereocenters. The predicted octanol–water partition coefficient (Wildman–Crippen LogP) is 2.14. The first kappa shape index (κ1) is 14.8. The number of rotatable bonds is 4. The number of carbonyl (C=O) groups is 1. The number of carboxylic acid groups (broad SMARTS) is 1. The number of hydrogen-bond acceptors (Lipinski definition) is 3. The van der Waals surface area contributed by atoms with Crippen molar-refractivity contribution in [2.24, 2.45) is 0 Å². The molecule has 0 radical (unpaired) electrons. The van der Waals surface area contributed by atoms with Crippen molar-refractivity contribution in [1.82, 2.24) is 9.80 Å². The summed E-state index contributed by atoms with van der Waals surface area (Å²) in [5.74, 6) is 0. The Kier molecular flexibility index (Phi) is 5.42. The van der Waals surface area contributed by atoms with Crippen LogP contribution in [0.3, 0.4) is 0 Å². The summed E-state index contributed by atoms with van der Waals surface area (Å²) in [5, 5.41) is 17.8. The third-order valence-electron chi connectivity index (χ3n) is 3.98. The van der Waals surface area contributed by atoms with Crippen LogP contribution in [0, 0.1) is 11.3 Å². The molecule has 0 atom stereocenters. The van der Waals surface area contributed by atoms with Gasteiger partial charge in [0, 0.05) is 18.1 Å². The Morgan fingerprint density at radius 2 is 1.83 bits per heavy atom. The van der Waals surface area contributed by atoms with E-state index in [2.05, 4.69) is 25.8 Å². The van der Waals surface area contributed by atoms with E-state index < -0.39 is 6.09 Å². The van der Waals surface area contributed by atoms with E-state index in [-0.39, 0.29) is 12.6 Å². The molecule has 0 heterocycles. The Balaban J connectivity index is 2.52. The van der Waals surface area contributed by atoms with Crippen molar-refractivity contribution >= 4 is 6.09 Å². The van der Waals surface area contributed by atoms with Crippen LogP contribution in [-0.4, -0.2) is 52.7 Å². The molecule has 1 rings (SSSR count). The zero-order chi connectivity index (χ0) is 13.7. The fourth-order valence-corrected chi connectivity index (χ4v) is 2.63. The smallest absolute Gasteiger partial charge is 0.408 e. The lowest BCUT2D eigenvalue weighted by atomic mass is 9.89. The molecule has 1 saturated carbocycles. The second-order valence-corrected chi connectivity index (χ2v) is 5.29. The van der Waals surface area contributed by atoms with Crippen LogP contribution < -0.4 is 0 Å². The minimum atomic E-state index is -0.975. The van der Waals surface area contributed by atoms with Gasteiger partial charge in [-0.3, -0.25) is 4.90 Å². The van der Waals surface area contributed by atoms with E-state index in [9.17, 15) is 4.79 Å². The molecule has 1 fully saturated rings. The van der Waals surface area contributed by atoms with Gasteiger partial charge in [0.2, 0.25) is 0 Å². The van der Waals surface area contributed by atoms with Gasteiger partial charge in [-0.2, -0.15) is 5.26 Å². The van der Waals surface area contributed by atoms with Gasteiger partial charge in [-0.1, -0.05) is 0 Å². The normalized spacial score (nSPS) is 24.0. The molecular formula is C13H23N3O2. The van der Waals surface area contributed by atoms with Crippen LogP contribution in [0.1, 0.15) is 39.5 Å². The maximum atomic E-state index is 11.1. The number of nitrogens with zero attached hydrogens (tertiary/aromatic N) is 3. The highest BCUT2D eigenvalue weighted by Gasteiger charge is 2.30. The number of nitriles is 1. The van der Waals surface area contributed by atoms with Gasteiger partial charge in [-0.15, -0.1) is 0 Å². The molecule has 0 bridgehead atoms. The third kappa shape index (κ3) is 3.61. The van der Waals surface area contributed by atoms with Crippen LogP contribution in [0.2, 0.25) is 0 Å². The first-order chi connectivity index (χ1) is 8.47. The molecule has 18 heavy (non-hydrogen) atoms. The Bertz CT molecular complexity index is 317. The average Bonchev–Trinajstić information content (AvgIpc) is 2.35. The first-order valence-corrected chi connectivity index (χ1v) is 6.55. The van der Waals surface area contributed by atoms with Gasteiger partial charge in [0.1, 0.15) is 6.54 Å². The van der Waals surface area contributed by atoms with Gasteiger partial charge >= 0.3 is 6.09 Å². The van der Waals surface area contributed by atoms with E-state index in [1.165, 1.54) is 4.90 Å². The summed E-state index contributed by atoms with van der Waals surface area (Å²) in [6.07, 6.45) is 2.76. The molecule has 0 aromatic carbocycles. The van der Waals surface area contributed by atoms with Crippen molar-refractivity contribution < 1.29 is 9.90 Å². The summed E-state index contributed by atoms with van der Waals surface area (Å²) in [4.78, 5) is 14.7. The highest BCUT2D eigenvalue weighted by Crippen LogP contribution is 2.26. The first-order valence-electron chi connectivity index (χ1n) is 6.55. The molecule has 1 aliphatic carbocycles. The molecule has 0 aromatic rings. The molecule has 1 aliphatic rings. The van der Waals surface area contributed by atoms with E-state index >= 15 is 0 Å². The maximum Gasteiger partial charge on any atom is 0.408 e. The van der Waals surface area contributed by atoms with Crippen LogP contribution in [0.5, 0.6) is 0 Å². The molecule has 102 valence electrons. The van der Waals surface area contributed by atoms with E-state index in [1.54, 1.807) is 0 Å². The van der Waals surface area contributed by atoms with Crippen LogP contribution in [0.15, 0.2) is 0 Å². The van der Waals surface area contributed by atoms with Gasteiger partial charge in [-0.05, 0) is 46.6 Å². The molecular weight excluding hydrogens is 230 g/mol. The fraction of sp³-hybridized carbons (Fsp3) is 0.846. The standard InChI is InChI=1S/C13H23N3O2/c1-10(2)15(3)11-4-6-12(7-5-11)16(9-8-14)13(17)18/h10-12H,4-7,9H2,1-3H3,(H,17,18). The van der Waals surface area contributed by atoms with Crippen molar-refractivity contribution in [1.29, 1.82) is 5.26 Å². The number of hydrogen-bond donors (Lipinski definition) is 1. The van der Waals surface area contributed by atoms with Crippen LogP contribution >= 0.6 is 0 Å². The van der Waals surface area contributed by atoms with Crippen molar-refractivity contribution in [2.45, 2.75) is 57.7 Å². The van der Waals surface area contributed by atoms with E-state index in [4.69, 9.17) is 10.4 Å². The Morgan fingerprint density at radius 3 is 2.22 bits per heavy atom. The Morgan fingerprint density at radius 1 is 1.33 bits per heavy atom. The minimum Gasteiger partial charge on any atom is -0.465 e. The lowest BCUT2D eigenvalue weighted by Gasteiger charge is -2.39. The van der Waals surface area contributed by atoms with Gasteiger partial charge in [0.05, 0.1) is 6.07 Å². The largest absolute Gasteiger partial charge is 0.465 e. The topological polar surface area (TPSA) is 67.6 Å². The molecule has 0 saturated heterocycles. The van der Waals surface area contributed by atoms with Crippen LogP contribution in [0.4, 0.5) is 4.79 Å². The summed E-state index contributed by atoms with van der Waals surface area (Å²) >= 11 is 0. The summed E-state index contributed by atoms with van der Waals surface area (Å²) in [6.45, 7) is 4.32. The predicted molar refractivity (Wildman–Crippen MR) is 69.3 cm³/mol. The van der Waals surface area contributed by atoms with Crippen LogP contribution in [0.25, 0.3) is 0 Å². The number of amides is 1. The second-order valence-electron chi connectivity index (χ2n) is 5.29. The zero-order valence-electron chi connectivity index (χ0n) is 11.5. The summed E-state index contributed by atoms with van der Waals surface area (Å²) in [6, 6.07) is 3.00. The SMILES string of the molecule is CC(C)N(C)C1CCC(N(CC#N)C(=O)O)CC1. The zero-order valence-corrected chi connectivity index (χ0v) is 11.5. The monoisotopic (exact) mass is 253 g/mol. The van der Waals surface area contributed by atoms with Gasteiger partial charge in [0.25, 0.3) is 0 Å². The molecule has 0 spiro atoms. The maximum absolute atomic E-state index is 11.1. The minimum absolute atomic E-state index is 0.0129. The third-order valence-corrected chi connectivity index (χ3v) is 3.98. The highest BCUT2D eigenvalue weighted by atomic mass is 16.4. The summed E-state index contributed by atoms with van der Waals surface area (Å²) < 4.78 is 0. The average molecular weight is 253 g/mol. The molecule has 1 N–H and O–H groups in total. The molecule has 0 aliphatic heterocycles. The fourth-order valence-electron chi connectivity index (χ4n) is 2.63. The van der Waals surface area contributed by atoms with Crippen molar-refractivity contribution in [3.8, 4) is 6.07 Å². The second kappa shape index (κ2) is 6.60. The van der Waals surface area contributed by atoms with Crippen LogP contribution in [-0.2, 0) is 0 Å². The molecule has 5 heteroatoms. The van der Waals surface area contributed by atoms with Gasteiger partial charge in [-0.25, -0.2) is 4.79 Å². The summed E-state index contributed by atoms with van der Waals surface area (Å²) in [5.41, 5.74) is 0. The lowest BCUT2D eigenvalue weighted by Crippen LogP contribution is -2.46. The lowest BCUT2D eigenvalue weighted by molar-refractivity contribution is 0.0896. The quantitative estimate of drug-likeness (QED) is 0.779. The van der Waals surface area contributed by atoms with Gasteiger partial charge in [0.15, 0.2) is 0 Å². The molecule has 5 nitrogen and oxygen atoms in total. The van der Waals surface area contributed by atoms with Crippen molar-refractivity contribution in [3.05, 3.63) is 0 Å². The van der Waals surface area contributed by atoms with E-state index in [1.807, 2.05) is 6.07 Å². The summed E-state index contributed by atoms with van der Waals surface area (Å²) in [7, 11) is 2.12. The molecule has 1 amide bonds. The van der Waals surface area contributed by atoms with Crippen molar-refractivity contribution in [2.75, 3.05) is 13.6 Å². The Hall–Kier alpha value is -1.28.